The van der Waals surface area contributed by atoms with E-state index in [-0.39, 0.29) is 30.8 Å². The summed E-state index contributed by atoms with van der Waals surface area (Å²) in [5.74, 6) is -2.99. The molecule has 0 spiro atoms. The Morgan fingerprint density at radius 2 is 1.94 bits per heavy atom. The highest BCUT2D eigenvalue weighted by atomic mass is 32.2. The molecule has 0 aromatic carbocycles. The standard InChI is InChI=1S/C20H29F2N5O4S/c1-32(29,30)25-15-4-2-10-27(18(28)14-5-6-14)16(15)12-31-17-7-11-26(13-20(17,21)22)19-23-8-3-9-24-19/h3,8-9,14-17,25H,2,4-7,10-13H2,1H3/t15-,16-,17?/m0/s1. The molecule has 1 aromatic heterocycles. The van der Waals surface area contributed by atoms with Crippen LogP contribution in [0.15, 0.2) is 18.5 Å². The van der Waals surface area contributed by atoms with Gasteiger partial charge in [0.25, 0.3) is 5.92 Å². The minimum Gasteiger partial charge on any atom is -0.370 e. The van der Waals surface area contributed by atoms with Crippen molar-refractivity contribution in [1.82, 2.24) is 19.6 Å². The lowest BCUT2D eigenvalue weighted by Gasteiger charge is -2.43. The Labute approximate surface area is 186 Å². The SMILES string of the molecule is CS(=O)(=O)N[C@H]1CCCN(C(=O)C2CC2)[C@H]1COC1CCN(c2ncccn2)CC1(F)F. The summed E-state index contributed by atoms with van der Waals surface area (Å²) in [6.45, 7) is 0.0754. The van der Waals surface area contributed by atoms with Crippen LogP contribution in [0.3, 0.4) is 0 Å². The largest absolute Gasteiger partial charge is 0.370 e. The molecule has 3 fully saturated rings. The van der Waals surface area contributed by atoms with Gasteiger partial charge in [-0.05, 0) is 38.2 Å². The van der Waals surface area contributed by atoms with Crippen LogP contribution in [0.4, 0.5) is 14.7 Å². The molecule has 1 unspecified atom stereocenters. The van der Waals surface area contributed by atoms with E-state index in [2.05, 4.69) is 14.7 Å². The number of nitrogens with one attached hydrogen (secondary N) is 1. The highest BCUT2D eigenvalue weighted by molar-refractivity contribution is 7.88. The molecule has 12 heteroatoms. The van der Waals surface area contributed by atoms with Gasteiger partial charge in [-0.25, -0.2) is 31.9 Å². The predicted molar refractivity (Wildman–Crippen MR) is 113 cm³/mol. The van der Waals surface area contributed by atoms with Crippen LogP contribution in [0.2, 0.25) is 0 Å². The molecule has 0 bridgehead atoms. The van der Waals surface area contributed by atoms with E-state index in [1.807, 2.05) is 0 Å². The average molecular weight is 474 g/mol. The molecular weight excluding hydrogens is 444 g/mol. The van der Waals surface area contributed by atoms with E-state index in [0.29, 0.717) is 25.9 Å². The van der Waals surface area contributed by atoms with Crippen LogP contribution >= 0.6 is 0 Å². The number of hydrogen-bond acceptors (Lipinski definition) is 7. The fourth-order valence-corrected chi connectivity index (χ4v) is 5.30. The van der Waals surface area contributed by atoms with Crippen molar-refractivity contribution >= 4 is 21.9 Å². The summed E-state index contributed by atoms with van der Waals surface area (Å²) in [4.78, 5) is 23.9. The molecule has 9 nitrogen and oxygen atoms in total. The van der Waals surface area contributed by atoms with E-state index in [9.17, 15) is 22.0 Å². The van der Waals surface area contributed by atoms with Gasteiger partial charge < -0.3 is 14.5 Å². The molecule has 1 aromatic rings. The number of amides is 1. The molecule has 2 aliphatic heterocycles. The maximum absolute atomic E-state index is 14.9. The quantitative estimate of drug-likeness (QED) is 0.631. The third-order valence-corrected chi connectivity index (χ3v) is 6.92. The number of sulfonamides is 1. The molecule has 2 saturated heterocycles. The van der Waals surface area contributed by atoms with Gasteiger partial charge in [0.2, 0.25) is 21.9 Å². The Morgan fingerprint density at radius 1 is 1.22 bits per heavy atom. The van der Waals surface area contributed by atoms with Crippen LogP contribution in [0.5, 0.6) is 0 Å². The zero-order valence-corrected chi connectivity index (χ0v) is 18.8. The molecule has 1 N–H and O–H groups in total. The summed E-state index contributed by atoms with van der Waals surface area (Å²) < 4.78 is 61.8. The van der Waals surface area contributed by atoms with Crippen molar-refractivity contribution in [2.45, 2.75) is 56.2 Å². The molecule has 3 atom stereocenters. The van der Waals surface area contributed by atoms with Gasteiger partial charge in [-0.15, -0.1) is 0 Å². The van der Waals surface area contributed by atoms with Crippen molar-refractivity contribution in [2.24, 2.45) is 5.92 Å². The lowest BCUT2D eigenvalue weighted by Crippen LogP contribution is -2.60. The summed E-state index contributed by atoms with van der Waals surface area (Å²) >= 11 is 0. The van der Waals surface area contributed by atoms with Crippen LogP contribution < -0.4 is 9.62 Å². The van der Waals surface area contributed by atoms with Crippen molar-refractivity contribution < 1.29 is 26.7 Å². The molecule has 3 aliphatic rings. The normalized spacial score (nSPS) is 28.5. The maximum atomic E-state index is 14.9. The first-order chi connectivity index (χ1) is 15.1. The second kappa shape index (κ2) is 9.14. The third kappa shape index (κ3) is 5.52. The number of halogens is 2. The number of piperidine rings is 2. The van der Waals surface area contributed by atoms with E-state index < -0.39 is 40.7 Å². The Hall–Kier alpha value is -1.92. The zero-order chi connectivity index (χ0) is 22.9. The van der Waals surface area contributed by atoms with E-state index in [0.717, 1.165) is 19.1 Å². The van der Waals surface area contributed by atoms with E-state index in [4.69, 9.17) is 4.74 Å². The number of rotatable bonds is 7. The predicted octanol–water partition coefficient (Wildman–Crippen LogP) is 1.03. The smallest absolute Gasteiger partial charge is 0.290 e. The molecule has 32 heavy (non-hydrogen) atoms. The van der Waals surface area contributed by atoms with E-state index in [1.54, 1.807) is 11.0 Å². The van der Waals surface area contributed by atoms with Gasteiger partial charge >= 0.3 is 0 Å². The number of carbonyl (C=O) groups excluding carboxylic acids is 1. The first kappa shape index (κ1) is 23.2. The molecule has 0 radical (unpaired) electrons. The number of anilines is 1. The van der Waals surface area contributed by atoms with Gasteiger partial charge in [0.05, 0.1) is 25.4 Å². The van der Waals surface area contributed by atoms with E-state index >= 15 is 0 Å². The topological polar surface area (TPSA) is 105 Å². The second-order valence-corrected chi connectivity index (χ2v) is 10.6. The van der Waals surface area contributed by atoms with Gasteiger partial charge in [-0.2, -0.15) is 0 Å². The summed E-state index contributed by atoms with van der Waals surface area (Å²) in [5.41, 5.74) is 0. The van der Waals surface area contributed by atoms with Gasteiger partial charge in [0.15, 0.2) is 0 Å². The summed E-state index contributed by atoms with van der Waals surface area (Å²) in [7, 11) is -3.53. The summed E-state index contributed by atoms with van der Waals surface area (Å²) in [5, 5.41) is 0. The van der Waals surface area contributed by atoms with Gasteiger partial charge in [0, 0.05) is 37.4 Å². The Balaban J connectivity index is 1.44. The highest BCUT2D eigenvalue weighted by Crippen LogP contribution is 2.35. The Kier molecular flexibility index (Phi) is 6.64. The van der Waals surface area contributed by atoms with Gasteiger partial charge in [-0.3, -0.25) is 4.79 Å². The minimum absolute atomic E-state index is 0.0404. The third-order valence-electron chi connectivity index (χ3n) is 6.19. The number of likely N-dealkylation sites (tertiary alicyclic amines) is 1. The van der Waals surface area contributed by atoms with Crippen molar-refractivity contribution in [3.05, 3.63) is 18.5 Å². The molecule has 3 heterocycles. The van der Waals surface area contributed by atoms with Crippen LogP contribution in [-0.4, -0.2) is 85.8 Å². The molecular formula is C20H29F2N5O4S. The fourth-order valence-electron chi connectivity index (χ4n) is 4.48. The van der Waals surface area contributed by atoms with Crippen LogP contribution in [0.1, 0.15) is 32.1 Å². The number of carbonyl (C=O) groups is 1. The monoisotopic (exact) mass is 473 g/mol. The molecule has 4 rings (SSSR count). The lowest BCUT2D eigenvalue weighted by atomic mass is 9.96. The number of hydrogen-bond donors (Lipinski definition) is 1. The average Bonchev–Trinajstić information content (AvgIpc) is 3.57. The highest BCUT2D eigenvalue weighted by Gasteiger charge is 2.48. The van der Waals surface area contributed by atoms with Gasteiger partial charge in [-0.1, -0.05) is 0 Å². The first-order valence-electron chi connectivity index (χ1n) is 10.9. The molecule has 1 aliphatic carbocycles. The maximum Gasteiger partial charge on any atom is 0.290 e. The first-order valence-corrected chi connectivity index (χ1v) is 12.8. The lowest BCUT2D eigenvalue weighted by molar-refractivity contribution is -0.159. The van der Waals surface area contributed by atoms with Crippen LogP contribution in [0.25, 0.3) is 0 Å². The van der Waals surface area contributed by atoms with Crippen LogP contribution in [-0.2, 0) is 19.6 Å². The Bertz CT molecular complexity index is 916. The number of alkyl halides is 2. The number of aromatic nitrogens is 2. The molecule has 178 valence electrons. The second-order valence-electron chi connectivity index (χ2n) is 8.85. The summed E-state index contributed by atoms with van der Waals surface area (Å²) in [6.07, 6.45) is 5.60. The van der Waals surface area contributed by atoms with Gasteiger partial charge in [0.1, 0.15) is 6.10 Å². The molecule has 1 saturated carbocycles. The van der Waals surface area contributed by atoms with Crippen molar-refractivity contribution in [2.75, 3.05) is 37.4 Å². The number of nitrogens with zero attached hydrogens (tertiary/aromatic N) is 4. The zero-order valence-electron chi connectivity index (χ0n) is 18.0. The minimum atomic E-state index is -3.53. The van der Waals surface area contributed by atoms with Crippen LogP contribution in [0, 0.1) is 5.92 Å². The van der Waals surface area contributed by atoms with Crippen molar-refractivity contribution in [1.29, 1.82) is 0 Å². The van der Waals surface area contributed by atoms with E-state index in [1.165, 1.54) is 17.3 Å². The van der Waals surface area contributed by atoms with Crippen molar-refractivity contribution in [3.63, 3.8) is 0 Å². The summed E-state index contributed by atoms with van der Waals surface area (Å²) in [6, 6.07) is 0.447. The van der Waals surface area contributed by atoms with Crippen molar-refractivity contribution in [3.8, 4) is 0 Å². The molecule has 1 amide bonds. The fraction of sp³-hybridized carbons (Fsp3) is 0.750. The number of ether oxygens (including phenoxy) is 1. The Morgan fingerprint density at radius 3 is 2.56 bits per heavy atom.